The Morgan fingerprint density at radius 2 is 2.12 bits per heavy atom. The van der Waals surface area contributed by atoms with Crippen molar-refractivity contribution >= 4 is 47.4 Å². The lowest BCUT2D eigenvalue weighted by Gasteiger charge is -2.35. The quantitative estimate of drug-likeness (QED) is 0.366. The number of nitrogens with one attached hydrogen (secondary N) is 2. The summed E-state index contributed by atoms with van der Waals surface area (Å²) >= 11 is 0. The largest absolute Gasteiger partial charge is 0.352 e. The maximum atomic E-state index is 12.4. The molecule has 2 N–H and O–H groups in total. The topological polar surface area (TPSA) is 94.9 Å². The van der Waals surface area contributed by atoms with Gasteiger partial charge in [0.2, 0.25) is 11.8 Å². The first kappa shape index (κ1) is 21.2. The fourth-order valence-corrected chi connectivity index (χ4v) is 2.54. The van der Waals surface area contributed by atoms with E-state index < -0.39 is 0 Å². The van der Waals surface area contributed by atoms with Crippen LogP contribution in [0.15, 0.2) is 17.4 Å². The van der Waals surface area contributed by atoms with Crippen LogP contribution in [-0.4, -0.2) is 71.7 Å². The summed E-state index contributed by atoms with van der Waals surface area (Å²) in [5.41, 5.74) is 0.793. The average molecular weight is 463 g/mol. The van der Waals surface area contributed by atoms with Gasteiger partial charge >= 0.3 is 0 Å². The van der Waals surface area contributed by atoms with Crippen molar-refractivity contribution in [1.29, 1.82) is 0 Å². The Hall–Kier alpha value is -1.85. The van der Waals surface area contributed by atoms with Gasteiger partial charge in [0, 0.05) is 39.4 Å². The van der Waals surface area contributed by atoms with E-state index in [0.29, 0.717) is 19.0 Å². The molecular formula is C15H26IN7O2. The second kappa shape index (κ2) is 9.59. The molecule has 1 saturated heterocycles. The van der Waals surface area contributed by atoms with Gasteiger partial charge in [-0.25, -0.2) is 0 Å². The summed E-state index contributed by atoms with van der Waals surface area (Å²) in [5.74, 6) is 0.420. The zero-order valence-corrected chi connectivity index (χ0v) is 17.4. The van der Waals surface area contributed by atoms with Crippen molar-refractivity contribution in [2.75, 3.05) is 38.1 Å². The average Bonchev–Trinajstić information content (AvgIpc) is 2.93. The molecule has 1 aromatic rings. The van der Waals surface area contributed by atoms with Gasteiger partial charge in [0.1, 0.15) is 6.54 Å². The van der Waals surface area contributed by atoms with Crippen LogP contribution in [0.3, 0.4) is 0 Å². The molecule has 0 aromatic carbocycles. The van der Waals surface area contributed by atoms with E-state index in [9.17, 15) is 9.59 Å². The number of aryl methyl sites for hydroxylation is 1. The molecule has 140 valence electrons. The normalized spacial score (nSPS) is 15.2. The van der Waals surface area contributed by atoms with Crippen LogP contribution in [0.1, 0.15) is 13.8 Å². The molecule has 25 heavy (non-hydrogen) atoms. The summed E-state index contributed by atoms with van der Waals surface area (Å²) in [6.07, 6.45) is 3.49. The van der Waals surface area contributed by atoms with E-state index in [1.54, 1.807) is 22.8 Å². The van der Waals surface area contributed by atoms with E-state index in [4.69, 9.17) is 0 Å². The number of anilines is 1. The van der Waals surface area contributed by atoms with Crippen LogP contribution in [0.25, 0.3) is 0 Å². The Labute approximate surface area is 164 Å². The number of aromatic nitrogens is 2. The molecule has 0 spiro atoms. The summed E-state index contributed by atoms with van der Waals surface area (Å²) in [5, 5.41) is 9.90. The predicted octanol–water partition coefficient (Wildman–Crippen LogP) is -0.213. The van der Waals surface area contributed by atoms with Crippen LogP contribution in [0.2, 0.25) is 0 Å². The Balaban J connectivity index is 0.00000312. The summed E-state index contributed by atoms with van der Waals surface area (Å²) < 4.78 is 1.67. The number of hydrogen-bond acceptors (Lipinski definition) is 4. The van der Waals surface area contributed by atoms with E-state index >= 15 is 0 Å². The number of piperazine rings is 1. The highest BCUT2D eigenvalue weighted by molar-refractivity contribution is 14.0. The van der Waals surface area contributed by atoms with Crippen molar-refractivity contribution in [2.45, 2.75) is 19.9 Å². The Morgan fingerprint density at radius 3 is 2.64 bits per heavy atom. The molecule has 0 radical (unpaired) electrons. The van der Waals surface area contributed by atoms with Gasteiger partial charge < -0.3 is 20.4 Å². The minimum absolute atomic E-state index is 0. The first-order valence-corrected chi connectivity index (χ1v) is 7.94. The standard InChI is InChI=1S/C15H25N7O2.HI/c1-11(2)19-13(23)8-17-15(16-3)21-5-6-22(14(24)10-21)12-7-18-20(4)9-12;/h7,9,11H,5-6,8,10H2,1-4H3,(H,16,17)(H,19,23);1H. The third-order valence-corrected chi connectivity index (χ3v) is 3.59. The van der Waals surface area contributed by atoms with Crippen molar-refractivity contribution in [1.82, 2.24) is 25.3 Å². The molecule has 2 heterocycles. The van der Waals surface area contributed by atoms with Gasteiger partial charge in [0.05, 0.1) is 18.4 Å². The Bertz CT molecular complexity index is 629. The van der Waals surface area contributed by atoms with Crippen molar-refractivity contribution in [3.63, 3.8) is 0 Å². The number of hydrogen-bond donors (Lipinski definition) is 2. The molecule has 1 aliphatic rings. The summed E-state index contributed by atoms with van der Waals surface area (Å²) in [7, 11) is 3.46. The highest BCUT2D eigenvalue weighted by atomic mass is 127. The van der Waals surface area contributed by atoms with Crippen LogP contribution in [0.4, 0.5) is 5.69 Å². The monoisotopic (exact) mass is 463 g/mol. The molecule has 0 bridgehead atoms. The highest BCUT2D eigenvalue weighted by Crippen LogP contribution is 2.15. The number of aliphatic imine (C=N–C) groups is 1. The predicted molar refractivity (Wildman–Crippen MR) is 107 cm³/mol. The third-order valence-electron chi connectivity index (χ3n) is 3.59. The lowest BCUT2D eigenvalue weighted by Crippen LogP contribution is -2.56. The fourth-order valence-electron chi connectivity index (χ4n) is 2.54. The Kier molecular flexibility index (Phi) is 8.13. The lowest BCUT2D eigenvalue weighted by atomic mass is 10.3. The second-order valence-corrected chi connectivity index (χ2v) is 5.96. The van der Waals surface area contributed by atoms with Gasteiger partial charge in [-0.1, -0.05) is 0 Å². The molecular weight excluding hydrogens is 437 g/mol. The maximum Gasteiger partial charge on any atom is 0.246 e. The molecule has 2 rings (SSSR count). The molecule has 1 fully saturated rings. The van der Waals surface area contributed by atoms with Gasteiger partial charge in [-0.05, 0) is 13.8 Å². The van der Waals surface area contributed by atoms with Gasteiger partial charge in [0.25, 0.3) is 0 Å². The molecule has 2 amide bonds. The number of carbonyl (C=O) groups is 2. The molecule has 10 heteroatoms. The van der Waals surface area contributed by atoms with Crippen molar-refractivity contribution in [2.24, 2.45) is 12.0 Å². The van der Waals surface area contributed by atoms with Crippen LogP contribution < -0.4 is 15.5 Å². The van der Waals surface area contributed by atoms with Crippen LogP contribution in [0, 0.1) is 0 Å². The van der Waals surface area contributed by atoms with E-state index in [1.165, 1.54) is 0 Å². The minimum Gasteiger partial charge on any atom is -0.352 e. The number of amides is 2. The molecule has 9 nitrogen and oxygen atoms in total. The molecule has 1 aromatic heterocycles. The third kappa shape index (κ3) is 5.87. The van der Waals surface area contributed by atoms with Gasteiger partial charge in [-0.15, -0.1) is 24.0 Å². The number of nitrogens with zero attached hydrogens (tertiary/aromatic N) is 5. The molecule has 0 aliphatic carbocycles. The maximum absolute atomic E-state index is 12.4. The van der Waals surface area contributed by atoms with E-state index in [0.717, 1.165) is 5.69 Å². The summed E-state index contributed by atoms with van der Waals surface area (Å²) in [6.45, 7) is 5.32. The second-order valence-electron chi connectivity index (χ2n) is 5.96. The van der Waals surface area contributed by atoms with Crippen LogP contribution >= 0.6 is 24.0 Å². The van der Waals surface area contributed by atoms with E-state index in [2.05, 4.69) is 20.7 Å². The van der Waals surface area contributed by atoms with Crippen LogP contribution in [-0.2, 0) is 16.6 Å². The SMILES string of the molecule is CN=C(NCC(=O)NC(C)C)N1CCN(c2cnn(C)c2)C(=O)C1.I. The first-order valence-electron chi connectivity index (χ1n) is 7.94. The van der Waals surface area contributed by atoms with Crippen molar-refractivity contribution < 1.29 is 9.59 Å². The Morgan fingerprint density at radius 1 is 1.40 bits per heavy atom. The lowest BCUT2D eigenvalue weighted by molar-refractivity contribution is -0.120. The summed E-state index contributed by atoms with van der Waals surface area (Å²) in [4.78, 5) is 31.9. The number of halogens is 1. The minimum atomic E-state index is -0.105. The molecule has 0 saturated carbocycles. The smallest absolute Gasteiger partial charge is 0.246 e. The fraction of sp³-hybridized carbons (Fsp3) is 0.600. The molecule has 0 atom stereocenters. The van der Waals surface area contributed by atoms with Crippen molar-refractivity contribution in [3.05, 3.63) is 12.4 Å². The number of carbonyl (C=O) groups excluding carboxylic acids is 2. The van der Waals surface area contributed by atoms with Crippen molar-refractivity contribution in [3.8, 4) is 0 Å². The van der Waals surface area contributed by atoms with Gasteiger partial charge in [0.15, 0.2) is 5.96 Å². The summed E-state index contributed by atoms with van der Waals surface area (Å²) in [6, 6.07) is 0.0888. The number of rotatable bonds is 4. The molecule has 1 aliphatic heterocycles. The van der Waals surface area contributed by atoms with E-state index in [-0.39, 0.29) is 54.9 Å². The highest BCUT2D eigenvalue weighted by Gasteiger charge is 2.27. The van der Waals surface area contributed by atoms with E-state index in [1.807, 2.05) is 32.0 Å². The zero-order chi connectivity index (χ0) is 17.7. The molecule has 0 unspecified atom stereocenters. The van der Waals surface area contributed by atoms with Gasteiger partial charge in [-0.2, -0.15) is 5.10 Å². The van der Waals surface area contributed by atoms with Crippen LogP contribution in [0.5, 0.6) is 0 Å². The number of guanidine groups is 1. The van der Waals surface area contributed by atoms with Gasteiger partial charge in [-0.3, -0.25) is 19.3 Å². The zero-order valence-electron chi connectivity index (χ0n) is 15.0. The first-order chi connectivity index (χ1) is 11.4.